The van der Waals surface area contributed by atoms with E-state index in [1.165, 1.54) is 33.5 Å². The largest absolute Gasteiger partial charge is 0.493 e. The minimum absolute atomic E-state index is 0.0403. The maximum absolute atomic E-state index is 14.0. The average molecular weight is 546 g/mol. The number of rotatable bonds is 11. The van der Waals surface area contributed by atoms with Crippen LogP contribution < -0.4 is 19.5 Å². The van der Waals surface area contributed by atoms with Gasteiger partial charge in [-0.2, -0.15) is 8.42 Å². The first-order valence-corrected chi connectivity index (χ1v) is 13.2. The quantitative estimate of drug-likeness (QED) is 0.314. The number of nitrogens with one attached hydrogen (secondary N) is 1. The third-order valence-electron chi connectivity index (χ3n) is 6.49. The van der Waals surface area contributed by atoms with E-state index in [0.717, 1.165) is 5.56 Å². The van der Waals surface area contributed by atoms with Gasteiger partial charge in [0.25, 0.3) is 10.1 Å². The SMILES string of the molecule is COc1cc(C(=O)C(CCCc2ccc(Cl)c(Cl)c2)(C2CCNC2)S(=O)(=O)O)cc(OC)c1OC. The summed E-state index contributed by atoms with van der Waals surface area (Å²) < 4.78 is 50.5. The Labute approximate surface area is 215 Å². The van der Waals surface area contributed by atoms with E-state index in [9.17, 15) is 17.8 Å². The molecule has 11 heteroatoms. The van der Waals surface area contributed by atoms with Crippen molar-refractivity contribution in [3.05, 3.63) is 51.5 Å². The predicted octanol–water partition coefficient (Wildman–Crippen LogP) is 4.46. The van der Waals surface area contributed by atoms with Gasteiger partial charge in [0.15, 0.2) is 22.0 Å². The highest BCUT2D eigenvalue weighted by molar-refractivity contribution is 7.88. The molecule has 0 amide bonds. The molecular formula is C24H29Cl2NO7S. The minimum atomic E-state index is -4.83. The molecule has 1 heterocycles. The van der Waals surface area contributed by atoms with E-state index in [1.54, 1.807) is 18.2 Å². The topological polar surface area (TPSA) is 111 Å². The van der Waals surface area contributed by atoms with Crippen molar-refractivity contribution < 1.29 is 32.0 Å². The molecule has 0 radical (unpaired) electrons. The van der Waals surface area contributed by atoms with Crippen LogP contribution in [0.1, 0.15) is 35.2 Å². The second-order valence-electron chi connectivity index (χ2n) is 8.40. The fourth-order valence-corrected chi connectivity index (χ4v) is 6.42. The second-order valence-corrected chi connectivity index (χ2v) is 10.9. The van der Waals surface area contributed by atoms with Gasteiger partial charge in [-0.1, -0.05) is 29.3 Å². The molecule has 1 saturated heterocycles. The van der Waals surface area contributed by atoms with Crippen molar-refractivity contribution >= 4 is 39.1 Å². The first-order valence-electron chi connectivity index (χ1n) is 11.1. The summed E-state index contributed by atoms with van der Waals surface area (Å²) in [6.07, 6.45) is 1.08. The van der Waals surface area contributed by atoms with Gasteiger partial charge in [0, 0.05) is 18.0 Å². The monoisotopic (exact) mass is 545 g/mol. The molecule has 8 nitrogen and oxygen atoms in total. The van der Waals surface area contributed by atoms with Crippen LogP contribution in [0, 0.1) is 5.92 Å². The van der Waals surface area contributed by atoms with Gasteiger partial charge >= 0.3 is 0 Å². The fourth-order valence-electron chi connectivity index (χ4n) is 4.72. The lowest BCUT2D eigenvalue weighted by atomic mass is 9.80. The summed E-state index contributed by atoms with van der Waals surface area (Å²) in [5.41, 5.74) is 0.881. The Balaban J connectivity index is 2.05. The molecule has 0 spiro atoms. The molecule has 0 aliphatic carbocycles. The fraction of sp³-hybridized carbons (Fsp3) is 0.458. The summed E-state index contributed by atoms with van der Waals surface area (Å²) in [5, 5.41) is 3.91. The Kier molecular flexibility index (Phi) is 8.93. The zero-order chi connectivity index (χ0) is 25.8. The number of ether oxygens (including phenoxy) is 3. The van der Waals surface area contributed by atoms with Gasteiger partial charge in [-0.25, -0.2) is 0 Å². The highest BCUT2D eigenvalue weighted by atomic mass is 35.5. The van der Waals surface area contributed by atoms with Crippen molar-refractivity contribution in [3.63, 3.8) is 0 Å². The first-order chi connectivity index (χ1) is 16.6. The van der Waals surface area contributed by atoms with Gasteiger partial charge < -0.3 is 19.5 Å². The van der Waals surface area contributed by atoms with Crippen LogP contribution in [0.5, 0.6) is 17.2 Å². The summed E-state index contributed by atoms with van der Waals surface area (Å²) >= 11 is 12.1. The van der Waals surface area contributed by atoms with Gasteiger partial charge in [0.2, 0.25) is 5.75 Å². The number of benzene rings is 2. The highest BCUT2D eigenvalue weighted by Gasteiger charge is 2.56. The molecule has 2 aromatic carbocycles. The van der Waals surface area contributed by atoms with Gasteiger partial charge in [-0.05, 0) is 62.1 Å². The second kappa shape index (κ2) is 11.3. The Morgan fingerprint density at radius 2 is 1.74 bits per heavy atom. The summed E-state index contributed by atoms with van der Waals surface area (Å²) in [6.45, 7) is 0.819. The predicted molar refractivity (Wildman–Crippen MR) is 135 cm³/mol. The smallest absolute Gasteiger partial charge is 0.278 e. The lowest BCUT2D eigenvalue weighted by molar-refractivity contribution is 0.0885. The molecule has 1 fully saturated rings. The summed E-state index contributed by atoms with van der Waals surface area (Å²) in [7, 11) is -0.598. The van der Waals surface area contributed by atoms with Crippen molar-refractivity contribution in [2.75, 3.05) is 34.4 Å². The molecule has 3 rings (SSSR count). The zero-order valence-corrected chi connectivity index (χ0v) is 22.1. The molecule has 2 aromatic rings. The molecule has 0 aromatic heterocycles. The van der Waals surface area contributed by atoms with E-state index in [1.807, 2.05) is 0 Å². The molecule has 0 saturated carbocycles. The average Bonchev–Trinajstić information content (AvgIpc) is 3.37. The van der Waals surface area contributed by atoms with E-state index < -0.39 is 26.6 Å². The normalized spacial score (nSPS) is 17.6. The number of methoxy groups -OCH3 is 3. The van der Waals surface area contributed by atoms with Crippen molar-refractivity contribution in [2.45, 2.75) is 30.4 Å². The van der Waals surface area contributed by atoms with E-state index in [-0.39, 0.29) is 35.8 Å². The summed E-state index contributed by atoms with van der Waals surface area (Å²) in [5.74, 6) is -0.661. The molecular weight excluding hydrogens is 517 g/mol. The van der Waals surface area contributed by atoms with Crippen LogP contribution in [0.25, 0.3) is 0 Å². The zero-order valence-electron chi connectivity index (χ0n) is 19.8. The molecule has 1 aliphatic heterocycles. The van der Waals surface area contributed by atoms with Gasteiger partial charge in [-0.15, -0.1) is 0 Å². The number of hydrogen-bond donors (Lipinski definition) is 2. The molecule has 2 N–H and O–H groups in total. The van der Waals surface area contributed by atoms with Gasteiger partial charge in [-0.3, -0.25) is 9.35 Å². The Morgan fingerprint density at radius 1 is 1.09 bits per heavy atom. The van der Waals surface area contributed by atoms with E-state index in [0.29, 0.717) is 35.9 Å². The highest BCUT2D eigenvalue weighted by Crippen LogP contribution is 2.43. The number of halogens is 2. The lowest BCUT2D eigenvalue weighted by Gasteiger charge is -2.35. The van der Waals surface area contributed by atoms with Crippen LogP contribution in [-0.2, 0) is 16.5 Å². The number of Topliss-reactive ketones (excluding diaryl/α,β-unsaturated/α-hetero) is 1. The maximum atomic E-state index is 14.0. The first kappa shape index (κ1) is 27.5. The number of ketones is 1. The number of carbonyl (C=O) groups is 1. The van der Waals surface area contributed by atoms with Crippen LogP contribution in [-0.4, -0.2) is 57.9 Å². The van der Waals surface area contributed by atoms with Crippen molar-refractivity contribution in [1.29, 1.82) is 0 Å². The molecule has 35 heavy (non-hydrogen) atoms. The molecule has 192 valence electrons. The van der Waals surface area contributed by atoms with Crippen LogP contribution >= 0.6 is 23.2 Å². The van der Waals surface area contributed by atoms with Crippen molar-refractivity contribution in [1.82, 2.24) is 5.32 Å². The molecule has 0 bridgehead atoms. The minimum Gasteiger partial charge on any atom is -0.493 e. The van der Waals surface area contributed by atoms with Gasteiger partial charge in [0.05, 0.1) is 31.4 Å². The molecule has 2 unspecified atom stereocenters. The lowest BCUT2D eigenvalue weighted by Crippen LogP contribution is -2.53. The van der Waals surface area contributed by atoms with Gasteiger partial charge in [0.1, 0.15) is 0 Å². The summed E-state index contributed by atoms with van der Waals surface area (Å²) in [6, 6.07) is 7.98. The number of carbonyl (C=O) groups excluding carboxylic acids is 1. The Bertz CT molecular complexity index is 1160. The van der Waals surface area contributed by atoms with Crippen LogP contribution in [0.3, 0.4) is 0 Å². The Morgan fingerprint density at radius 3 is 2.23 bits per heavy atom. The van der Waals surface area contributed by atoms with Crippen molar-refractivity contribution in [2.24, 2.45) is 5.92 Å². The van der Waals surface area contributed by atoms with Crippen molar-refractivity contribution in [3.8, 4) is 17.2 Å². The third-order valence-corrected chi connectivity index (χ3v) is 8.87. The number of aryl methyl sites for hydroxylation is 1. The van der Waals surface area contributed by atoms with E-state index >= 15 is 0 Å². The van der Waals surface area contributed by atoms with Crippen LogP contribution in [0.4, 0.5) is 0 Å². The van der Waals surface area contributed by atoms with Crippen LogP contribution in [0.2, 0.25) is 10.0 Å². The Hall–Kier alpha value is -2.04. The van der Waals surface area contributed by atoms with E-state index in [4.69, 9.17) is 37.4 Å². The maximum Gasteiger partial charge on any atom is 0.278 e. The standard InChI is InChI=1S/C24H29Cl2NO7S/c1-32-20-12-16(13-21(33-2)22(20)34-3)23(28)24(35(29,30)31,17-8-10-27-14-17)9-4-5-15-6-7-18(25)19(26)11-15/h6-7,11-13,17,27H,4-5,8-10,14H2,1-3H3,(H,29,30,31). The third kappa shape index (κ3) is 5.54. The van der Waals surface area contributed by atoms with Crippen LogP contribution in [0.15, 0.2) is 30.3 Å². The molecule has 1 aliphatic rings. The van der Waals surface area contributed by atoms with E-state index in [2.05, 4.69) is 5.32 Å². The molecule has 2 atom stereocenters. The number of hydrogen-bond acceptors (Lipinski definition) is 7. The summed E-state index contributed by atoms with van der Waals surface area (Å²) in [4.78, 5) is 14.0.